The molecule has 26 heavy (non-hydrogen) atoms. The zero-order valence-electron chi connectivity index (χ0n) is 14.8. The van der Waals surface area contributed by atoms with E-state index in [1.165, 1.54) is 0 Å². The third-order valence-electron chi connectivity index (χ3n) is 6.05. The van der Waals surface area contributed by atoms with Gasteiger partial charge in [-0.3, -0.25) is 0 Å². The SMILES string of the molecule is OC[C@H]1O[C@@H](C2CCC(Cl)=C(CC3CC=C(O)CC3)C2)[C@H](O)[C@@H](O)[C@@H]1O. The Labute approximate surface area is 158 Å². The van der Waals surface area contributed by atoms with Crippen molar-refractivity contribution in [3.05, 3.63) is 22.4 Å². The monoisotopic (exact) mass is 388 g/mol. The molecule has 0 amide bonds. The molecular weight excluding hydrogens is 360 g/mol. The first-order valence-corrected chi connectivity index (χ1v) is 9.83. The van der Waals surface area contributed by atoms with Crippen LogP contribution in [0.5, 0.6) is 0 Å². The Morgan fingerprint density at radius 1 is 1.08 bits per heavy atom. The Morgan fingerprint density at radius 3 is 2.50 bits per heavy atom. The topological polar surface area (TPSA) is 110 Å². The minimum atomic E-state index is -1.33. The Kier molecular flexibility index (Phi) is 6.64. The van der Waals surface area contributed by atoms with Gasteiger partial charge in [-0.2, -0.15) is 0 Å². The third-order valence-corrected chi connectivity index (χ3v) is 6.51. The largest absolute Gasteiger partial charge is 0.513 e. The van der Waals surface area contributed by atoms with Crippen LogP contribution in [-0.2, 0) is 4.74 Å². The lowest BCUT2D eigenvalue weighted by Crippen LogP contribution is -2.60. The molecule has 0 saturated carbocycles. The van der Waals surface area contributed by atoms with Gasteiger partial charge in [0.15, 0.2) is 0 Å². The predicted octanol–water partition coefficient (Wildman–Crippen LogP) is 1.75. The number of hydrogen-bond donors (Lipinski definition) is 5. The van der Waals surface area contributed by atoms with Crippen molar-refractivity contribution in [3.63, 3.8) is 0 Å². The molecule has 1 aliphatic heterocycles. The molecule has 0 aromatic carbocycles. The summed E-state index contributed by atoms with van der Waals surface area (Å²) >= 11 is 6.46. The molecule has 2 unspecified atom stereocenters. The van der Waals surface area contributed by atoms with Gasteiger partial charge in [0.25, 0.3) is 0 Å². The molecule has 3 aliphatic rings. The maximum absolute atomic E-state index is 10.4. The van der Waals surface area contributed by atoms with E-state index >= 15 is 0 Å². The molecule has 0 aromatic rings. The maximum atomic E-state index is 10.4. The number of rotatable bonds is 4. The van der Waals surface area contributed by atoms with E-state index < -0.39 is 37.1 Å². The van der Waals surface area contributed by atoms with E-state index in [1.807, 2.05) is 6.08 Å². The Morgan fingerprint density at radius 2 is 1.85 bits per heavy atom. The molecule has 3 rings (SSSR count). The number of hydrogen-bond acceptors (Lipinski definition) is 6. The van der Waals surface area contributed by atoms with Gasteiger partial charge in [0.2, 0.25) is 0 Å². The second-order valence-corrected chi connectivity index (χ2v) is 8.30. The maximum Gasteiger partial charge on any atom is 0.111 e. The summed E-state index contributed by atoms with van der Waals surface area (Å²) in [6.07, 6.45) is 1.96. The summed E-state index contributed by atoms with van der Waals surface area (Å²) < 4.78 is 5.74. The van der Waals surface area contributed by atoms with Gasteiger partial charge in [0, 0.05) is 11.5 Å². The number of ether oxygens (including phenoxy) is 1. The second kappa shape index (κ2) is 8.59. The van der Waals surface area contributed by atoms with Gasteiger partial charge in [0.1, 0.15) is 24.4 Å². The molecule has 148 valence electrons. The van der Waals surface area contributed by atoms with Gasteiger partial charge in [-0.15, -0.1) is 0 Å². The van der Waals surface area contributed by atoms with Crippen LogP contribution in [-0.4, -0.2) is 62.7 Å². The van der Waals surface area contributed by atoms with Crippen LogP contribution in [0.1, 0.15) is 44.9 Å². The molecule has 1 heterocycles. The van der Waals surface area contributed by atoms with Gasteiger partial charge in [-0.05, 0) is 56.4 Å². The van der Waals surface area contributed by atoms with Crippen LogP contribution in [0.15, 0.2) is 22.4 Å². The molecular formula is C19H29ClO6. The van der Waals surface area contributed by atoms with Crippen molar-refractivity contribution >= 4 is 11.6 Å². The quantitative estimate of drug-likeness (QED) is 0.502. The van der Waals surface area contributed by atoms with E-state index in [9.17, 15) is 25.5 Å². The normalized spacial score (nSPS) is 41.9. The summed E-state index contributed by atoms with van der Waals surface area (Å²) in [6.45, 7) is -0.407. The molecule has 1 fully saturated rings. The van der Waals surface area contributed by atoms with Crippen molar-refractivity contribution in [2.75, 3.05) is 6.61 Å². The fraction of sp³-hybridized carbons (Fsp3) is 0.789. The standard InChI is InChI=1S/C19H29ClO6/c20-14-6-3-11(8-12(14)7-10-1-4-13(22)5-2-10)19-18(25)17(24)16(23)15(9-21)26-19/h4,10-11,15-19,21-25H,1-3,5-9H2/t10?,11?,15-,16-,17+,18-,19+/m1/s1. The molecule has 0 spiro atoms. The van der Waals surface area contributed by atoms with Gasteiger partial charge < -0.3 is 30.3 Å². The second-order valence-electron chi connectivity index (χ2n) is 7.84. The molecule has 0 radical (unpaired) electrons. The zero-order chi connectivity index (χ0) is 18.8. The fourth-order valence-electron chi connectivity index (χ4n) is 4.42. The molecule has 0 aromatic heterocycles. The highest BCUT2D eigenvalue weighted by Gasteiger charge is 2.46. The van der Waals surface area contributed by atoms with Crippen LogP contribution < -0.4 is 0 Å². The van der Waals surface area contributed by atoms with Crippen LogP contribution in [0.4, 0.5) is 0 Å². The van der Waals surface area contributed by atoms with Crippen LogP contribution in [0.25, 0.3) is 0 Å². The molecule has 0 bridgehead atoms. The number of halogens is 1. The lowest BCUT2D eigenvalue weighted by Gasteiger charge is -2.44. The van der Waals surface area contributed by atoms with Crippen molar-refractivity contribution in [1.82, 2.24) is 0 Å². The Hall–Kier alpha value is -0.630. The van der Waals surface area contributed by atoms with Crippen LogP contribution >= 0.6 is 11.6 Å². The molecule has 7 heteroatoms. The minimum Gasteiger partial charge on any atom is -0.513 e. The highest BCUT2D eigenvalue weighted by atomic mass is 35.5. The summed E-state index contributed by atoms with van der Waals surface area (Å²) in [4.78, 5) is 0. The van der Waals surface area contributed by atoms with Crippen LogP contribution in [0, 0.1) is 11.8 Å². The van der Waals surface area contributed by atoms with Crippen molar-refractivity contribution < 1.29 is 30.3 Å². The average Bonchev–Trinajstić information content (AvgIpc) is 2.64. The van der Waals surface area contributed by atoms with E-state index in [4.69, 9.17) is 16.3 Å². The smallest absolute Gasteiger partial charge is 0.111 e. The van der Waals surface area contributed by atoms with Gasteiger partial charge >= 0.3 is 0 Å². The summed E-state index contributed by atoms with van der Waals surface area (Å²) in [6, 6.07) is 0. The number of aliphatic hydroxyl groups is 5. The van der Waals surface area contributed by atoms with Crippen molar-refractivity contribution in [2.45, 2.75) is 75.5 Å². The van der Waals surface area contributed by atoms with E-state index in [1.54, 1.807) is 0 Å². The fourth-order valence-corrected chi connectivity index (χ4v) is 4.68. The van der Waals surface area contributed by atoms with E-state index in [0.717, 1.165) is 36.3 Å². The van der Waals surface area contributed by atoms with E-state index in [0.29, 0.717) is 30.9 Å². The highest BCUT2D eigenvalue weighted by molar-refractivity contribution is 6.30. The van der Waals surface area contributed by atoms with Crippen LogP contribution in [0.3, 0.4) is 0 Å². The van der Waals surface area contributed by atoms with E-state index in [-0.39, 0.29) is 5.92 Å². The Balaban J connectivity index is 1.67. The Bertz CT molecular complexity index is 560. The van der Waals surface area contributed by atoms with Gasteiger partial charge in [-0.25, -0.2) is 0 Å². The van der Waals surface area contributed by atoms with Crippen molar-refractivity contribution in [3.8, 4) is 0 Å². The lowest BCUT2D eigenvalue weighted by molar-refractivity contribution is -0.241. The summed E-state index contributed by atoms with van der Waals surface area (Å²) in [5, 5.41) is 50.2. The predicted molar refractivity (Wildman–Crippen MR) is 96.7 cm³/mol. The summed E-state index contributed by atoms with van der Waals surface area (Å²) in [7, 11) is 0. The van der Waals surface area contributed by atoms with Gasteiger partial charge in [-0.1, -0.05) is 17.2 Å². The molecule has 1 saturated heterocycles. The zero-order valence-corrected chi connectivity index (χ0v) is 15.6. The molecule has 7 atom stereocenters. The summed E-state index contributed by atoms with van der Waals surface area (Å²) in [5.74, 6) is 0.888. The van der Waals surface area contributed by atoms with Crippen LogP contribution in [0.2, 0.25) is 0 Å². The molecule has 6 nitrogen and oxygen atoms in total. The first-order valence-electron chi connectivity index (χ1n) is 9.45. The minimum absolute atomic E-state index is 0.0220. The van der Waals surface area contributed by atoms with Crippen molar-refractivity contribution in [2.24, 2.45) is 11.8 Å². The average molecular weight is 389 g/mol. The molecule has 2 aliphatic carbocycles. The van der Waals surface area contributed by atoms with Gasteiger partial charge in [0.05, 0.1) is 18.5 Å². The van der Waals surface area contributed by atoms with Crippen molar-refractivity contribution in [1.29, 1.82) is 0 Å². The van der Waals surface area contributed by atoms with E-state index in [2.05, 4.69) is 0 Å². The third kappa shape index (κ3) is 4.26. The highest BCUT2D eigenvalue weighted by Crippen LogP contribution is 2.41. The lowest BCUT2D eigenvalue weighted by atomic mass is 9.76. The number of aliphatic hydroxyl groups excluding tert-OH is 5. The summed E-state index contributed by atoms with van der Waals surface area (Å²) in [5.41, 5.74) is 1.15. The molecule has 5 N–H and O–H groups in total. The number of allylic oxidation sites excluding steroid dienone is 4. The first-order chi connectivity index (χ1) is 12.4. The first kappa shape index (κ1) is 20.1.